The molecule has 1 saturated heterocycles. The lowest BCUT2D eigenvalue weighted by molar-refractivity contribution is -0.137. The zero-order chi connectivity index (χ0) is 35.9. The number of aliphatic hydroxyl groups excluding tert-OH is 1. The smallest absolute Gasteiger partial charge is 0.407 e. The molecule has 1 heterocycles. The summed E-state index contributed by atoms with van der Waals surface area (Å²) in [6, 6.07) is 5.17. The van der Waals surface area contributed by atoms with Crippen LogP contribution in [-0.2, 0) is 30.2 Å². The normalized spacial score (nSPS) is 16.2. The fourth-order valence-electron chi connectivity index (χ4n) is 5.66. The second kappa shape index (κ2) is 20.4. The van der Waals surface area contributed by atoms with Gasteiger partial charge in [-0.15, -0.1) is 0 Å². The molecule has 274 valence electrons. The Morgan fingerprint density at radius 1 is 0.979 bits per heavy atom. The van der Waals surface area contributed by atoms with Gasteiger partial charge in [-0.2, -0.15) is 0 Å². The minimum absolute atomic E-state index is 0.0480. The van der Waals surface area contributed by atoms with Gasteiger partial charge in [-0.05, 0) is 75.5 Å². The van der Waals surface area contributed by atoms with Crippen molar-refractivity contribution < 1.29 is 43.2 Å². The van der Waals surface area contributed by atoms with Crippen LogP contribution in [0.4, 0.5) is 4.79 Å². The lowest BCUT2D eigenvalue weighted by Gasteiger charge is -2.33. The van der Waals surface area contributed by atoms with Crippen LogP contribution in [0.15, 0.2) is 18.2 Å². The van der Waals surface area contributed by atoms with Gasteiger partial charge in [-0.1, -0.05) is 33.8 Å². The van der Waals surface area contributed by atoms with Crippen molar-refractivity contribution in [3.63, 3.8) is 0 Å². The Hall–Kier alpha value is -3.09. The zero-order valence-electron chi connectivity index (χ0n) is 30.6. The Morgan fingerprint density at radius 3 is 2.25 bits per heavy atom. The van der Waals surface area contributed by atoms with E-state index >= 15 is 0 Å². The summed E-state index contributed by atoms with van der Waals surface area (Å²) in [5.41, 5.74) is 0.304. The maximum Gasteiger partial charge on any atom is 0.407 e. The largest absolute Gasteiger partial charge is 0.493 e. The van der Waals surface area contributed by atoms with E-state index in [0.717, 1.165) is 12.0 Å². The van der Waals surface area contributed by atoms with Gasteiger partial charge in [0.25, 0.3) is 0 Å². The molecular formula is C36H61N3O9. The first-order valence-electron chi connectivity index (χ1n) is 17.2. The van der Waals surface area contributed by atoms with E-state index in [9.17, 15) is 19.5 Å². The Kier molecular flexibility index (Phi) is 17.5. The van der Waals surface area contributed by atoms with Gasteiger partial charge >= 0.3 is 6.09 Å². The van der Waals surface area contributed by atoms with E-state index in [0.29, 0.717) is 63.9 Å². The van der Waals surface area contributed by atoms with Gasteiger partial charge in [-0.3, -0.25) is 9.59 Å². The lowest BCUT2D eigenvalue weighted by atomic mass is 9.80. The molecule has 12 nitrogen and oxygen atoms in total. The monoisotopic (exact) mass is 679 g/mol. The number of aliphatic hydroxyl groups is 1. The molecule has 3 N–H and O–H groups in total. The van der Waals surface area contributed by atoms with Crippen molar-refractivity contribution in [1.82, 2.24) is 15.5 Å². The number of hydrogen-bond donors (Lipinski definition) is 3. The summed E-state index contributed by atoms with van der Waals surface area (Å²) in [4.78, 5) is 40.7. The second-order valence-corrected chi connectivity index (χ2v) is 14.2. The predicted octanol–water partition coefficient (Wildman–Crippen LogP) is 4.21. The highest BCUT2D eigenvalue weighted by Gasteiger charge is 2.33. The van der Waals surface area contributed by atoms with Crippen molar-refractivity contribution in [3.05, 3.63) is 23.8 Å². The van der Waals surface area contributed by atoms with Gasteiger partial charge in [0.2, 0.25) is 11.8 Å². The van der Waals surface area contributed by atoms with E-state index in [4.69, 9.17) is 23.7 Å². The van der Waals surface area contributed by atoms with Gasteiger partial charge in [0.1, 0.15) is 5.60 Å². The third kappa shape index (κ3) is 14.6. The Labute approximate surface area is 287 Å². The minimum atomic E-state index is -1.05. The van der Waals surface area contributed by atoms with Crippen LogP contribution in [0.5, 0.6) is 11.5 Å². The fourth-order valence-corrected chi connectivity index (χ4v) is 5.66. The van der Waals surface area contributed by atoms with Gasteiger partial charge < -0.3 is 44.3 Å². The molecule has 1 aromatic carbocycles. The third-order valence-electron chi connectivity index (χ3n) is 8.56. The summed E-state index contributed by atoms with van der Waals surface area (Å²) in [7, 11) is 3.26. The summed E-state index contributed by atoms with van der Waals surface area (Å²) in [6.45, 7) is 16.3. The van der Waals surface area contributed by atoms with Crippen LogP contribution in [0, 0.1) is 23.7 Å². The quantitative estimate of drug-likeness (QED) is 0.183. The van der Waals surface area contributed by atoms with Crippen molar-refractivity contribution in [2.75, 3.05) is 60.3 Å². The first-order chi connectivity index (χ1) is 22.6. The Balaban J connectivity index is 2.23. The molecule has 0 radical (unpaired) electrons. The molecule has 2 rings (SSSR count). The van der Waals surface area contributed by atoms with Gasteiger partial charge in [0.15, 0.2) is 11.5 Å². The number of amides is 3. The first-order valence-corrected chi connectivity index (χ1v) is 17.2. The van der Waals surface area contributed by atoms with Crippen LogP contribution in [-0.4, -0.2) is 106 Å². The molecular weight excluding hydrogens is 618 g/mol. The summed E-state index contributed by atoms with van der Waals surface area (Å²) < 4.78 is 27.5. The summed E-state index contributed by atoms with van der Waals surface area (Å²) in [5.74, 6) is 0.353. The molecule has 12 heteroatoms. The van der Waals surface area contributed by atoms with Crippen molar-refractivity contribution in [2.24, 2.45) is 23.7 Å². The predicted molar refractivity (Wildman–Crippen MR) is 184 cm³/mol. The highest BCUT2D eigenvalue weighted by Crippen LogP contribution is 2.32. The molecule has 0 saturated carbocycles. The minimum Gasteiger partial charge on any atom is -0.493 e. The Bertz CT molecular complexity index is 1130. The maximum atomic E-state index is 13.3. The van der Waals surface area contributed by atoms with Crippen LogP contribution < -0.4 is 20.1 Å². The number of carbonyl (C=O) groups is 3. The lowest BCUT2D eigenvalue weighted by Crippen LogP contribution is -2.50. The molecule has 1 fully saturated rings. The maximum absolute atomic E-state index is 13.3. The van der Waals surface area contributed by atoms with E-state index in [1.807, 2.05) is 32.0 Å². The van der Waals surface area contributed by atoms with Crippen molar-refractivity contribution in [1.29, 1.82) is 0 Å². The van der Waals surface area contributed by atoms with Gasteiger partial charge in [0.05, 0.1) is 45.6 Å². The number of morpholine rings is 1. The number of carbonyl (C=O) groups excluding carboxylic acids is 3. The molecule has 4 atom stereocenters. The molecule has 0 unspecified atom stereocenters. The Morgan fingerprint density at radius 2 is 1.67 bits per heavy atom. The second-order valence-electron chi connectivity index (χ2n) is 14.2. The van der Waals surface area contributed by atoms with E-state index in [-0.39, 0.29) is 42.5 Å². The molecule has 1 aliphatic rings. The molecule has 48 heavy (non-hydrogen) atoms. The highest BCUT2D eigenvalue weighted by atomic mass is 16.6. The van der Waals surface area contributed by atoms with Crippen molar-refractivity contribution >= 4 is 17.9 Å². The van der Waals surface area contributed by atoms with Gasteiger partial charge in [-0.25, -0.2) is 4.79 Å². The fraction of sp³-hybridized carbons (Fsp3) is 0.750. The summed E-state index contributed by atoms with van der Waals surface area (Å²) >= 11 is 0. The highest BCUT2D eigenvalue weighted by molar-refractivity contribution is 5.86. The number of hydrogen-bond acceptors (Lipinski definition) is 9. The van der Waals surface area contributed by atoms with Crippen LogP contribution in [0.2, 0.25) is 0 Å². The topological polar surface area (TPSA) is 145 Å². The molecule has 0 aliphatic carbocycles. The summed E-state index contributed by atoms with van der Waals surface area (Å²) in [6.07, 6.45) is 0.258. The number of methoxy groups -OCH3 is 2. The van der Waals surface area contributed by atoms with Crippen LogP contribution in [0.25, 0.3) is 0 Å². The van der Waals surface area contributed by atoms with Crippen LogP contribution >= 0.6 is 0 Å². The number of nitrogens with zero attached hydrogens (tertiary/aromatic N) is 1. The van der Waals surface area contributed by atoms with Crippen LogP contribution in [0.3, 0.4) is 0 Å². The number of rotatable bonds is 19. The standard InChI is InChI=1S/C36H61N3O9/c1-24(2)27(19-26-11-12-31(45-9)32(20-26)47-16-10-15-44-8)21-29(38-35(43)48-36(5,6)7)30(40)22-28(25(3)4)34(42)37-23-33(41)39-13-17-46-18-14-39/h11-12,20,24-25,27-30,40H,10,13-19,21-23H2,1-9H3,(H,37,42)(H,38,43)/t27-,28-,29-,30-/m0/s1. The molecule has 0 aromatic heterocycles. The zero-order valence-corrected chi connectivity index (χ0v) is 30.6. The van der Waals surface area contributed by atoms with E-state index < -0.39 is 29.8 Å². The average Bonchev–Trinajstić information content (AvgIpc) is 3.02. The molecule has 1 aromatic rings. The summed E-state index contributed by atoms with van der Waals surface area (Å²) in [5, 5.41) is 17.4. The van der Waals surface area contributed by atoms with E-state index in [2.05, 4.69) is 24.5 Å². The van der Waals surface area contributed by atoms with Crippen molar-refractivity contribution in [2.45, 2.75) is 91.9 Å². The molecule has 1 aliphatic heterocycles. The first kappa shape index (κ1) is 41.1. The number of benzene rings is 1. The van der Waals surface area contributed by atoms with E-state index in [1.54, 1.807) is 39.9 Å². The van der Waals surface area contributed by atoms with Gasteiger partial charge in [0, 0.05) is 39.1 Å². The van der Waals surface area contributed by atoms with Crippen molar-refractivity contribution in [3.8, 4) is 11.5 Å². The number of alkyl carbamates (subject to hydrolysis) is 1. The molecule has 0 bridgehead atoms. The SMILES string of the molecule is COCCCOc1cc(C[C@@H](C[C@H](NC(=O)OC(C)(C)C)[C@@H](O)C[C@H](C(=O)NCC(=O)N2CCOCC2)C(C)C)C(C)C)ccc1OC. The molecule has 0 spiro atoms. The number of nitrogens with one attached hydrogen (secondary N) is 2. The van der Waals surface area contributed by atoms with Crippen LogP contribution in [0.1, 0.15) is 73.3 Å². The third-order valence-corrected chi connectivity index (χ3v) is 8.56. The van der Waals surface area contributed by atoms with E-state index in [1.165, 1.54) is 0 Å². The number of ether oxygens (including phenoxy) is 5. The average molecular weight is 680 g/mol. The molecule has 3 amide bonds.